The van der Waals surface area contributed by atoms with Gasteiger partial charge in [0.2, 0.25) is 0 Å². The Hall–Kier alpha value is -2.37. The molecule has 0 spiro atoms. The average molecular weight is 447 g/mol. The second kappa shape index (κ2) is 9.11. The molecule has 3 heterocycles. The van der Waals surface area contributed by atoms with Crippen molar-refractivity contribution in [3.63, 3.8) is 0 Å². The van der Waals surface area contributed by atoms with Crippen LogP contribution < -0.4 is 4.74 Å². The molecular formula is C28H34N2O3. The number of aliphatic hydroxyl groups is 1. The van der Waals surface area contributed by atoms with Crippen molar-refractivity contribution in [3.05, 3.63) is 65.7 Å². The van der Waals surface area contributed by atoms with E-state index in [-0.39, 0.29) is 6.10 Å². The van der Waals surface area contributed by atoms with E-state index < -0.39 is 6.10 Å². The Morgan fingerprint density at radius 3 is 2.36 bits per heavy atom. The van der Waals surface area contributed by atoms with Crippen LogP contribution in [0.5, 0.6) is 5.75 Å². The highest BCUT2D eigenvalue weighted by Gasteiger charge is 2.34. The number of imidazole rings is 1. The largest absolute Gasteiger partial charge is 0.490 e. The van der Waals surface area contributed by atoms with E-state index in [4.69, 9.17) is 9.47 Å². The van der Waals surface area contributed by atoms with Gasteiger partial charge >= 0.3 is 0 Å². The van der Waals surface area contributed by atoms with Gasteiger partial charge < -0.3 is 19.0 Å². The van der Waals surface area contributed by atoms with E-state index in [9.17, 15) is 5.11 Å². The van der Waals surface area contributed by atoms with E-state index in [2.05, 4.69) is 45.9 Å². The summed E-state index contributed by atoms with van der Waals surface area (Å²) < 4.78 is 13.6. The molecule has 3 fully saturated rings. The zero-order valence-electron chi connectivity index (χ0n) is 19.2. The van der Waals surface area contributed by atoms with Crippen LogP contribution in [0.3, 0.4) is 0 Å². The maximum Gasteiger partial charge on any atom is 0.119 e. The Labute approximate surface area is 195 Å². The number of hydrogen-bond donors (Lipinski definition) is 1. The summed E-state index contributed by atoms with van der Waals surface area (Å²) in [5.74, 6) is 2.47. The molecular weight excluding hydrogens is 412 g/mol. The van der Waals surface area contributed by atoms with E-state index >= 15 is 0 Å². The first-order chi connectivity index (χ1) is 16.3. The number of fused-ring (bicyclic) bond motifs is 1. The molecule has 0 radical (unpaired) electrons. The number of aromatic nitrogens is 2. The van der Waals surface area contributed by atoms with E-state index in [0.29, 0.717) is 17.8 Å². The Bertz CT molecular complexity index is 1070. The Morgan fingerprint density at radius 2 is 1.64 bits per heavy atom. The summed E-state index contributed by atoms with van der Waals surface area (Å²) in [6, 6.07) is 11.0. The summed E-state index contributed by atoms with van der Waals surface area (Å²) in [6.07, 6.45) is 14.5. The van der Waals surface area contributed by atoms with E-state index in [0.717, 1.165) is 68.6 Å². The first-order valence-electron chi connectivity index (χ1n) is 12.7. The highest BCUT2D eigenvalue weighted by Crippen LogP contribution is 2.48. The fraction of sp³-hybridized carbons (Fsp3) is 0.536. The van der Waals surface area contributed by atoms with Crippen LogP contribution in [0.25, 0.3) is 5.52 Å². The Kier molecular flexibility index (Phi) is 5.85. The number of pyridine rings is 1. The first-order valence-corrected chi connectivity index (χ1v) is 12.7. The molecule has 3 aliphatic rings. The van der Waals surface area contributed by atoms with E-state index in [1.807, 2.05) is 12.5 Å². The van der Waals surface area contributed by atoms with Crippen LogP contribution >= 0.6 is 0 Å². The predicted molar refractivity (Wildman–Crippen MR) is 128 cm³/mol. The van der Waals surface area contributed by atoms with Crippen molar-refractivity contribution in [2.75, 3.05) is 13.2 Å². The van der Waals surface area contributed by atoms with Crippen LogP contribution in [0, 0.1) is 5.92 Å². The number of hydrogen-bond acceptors (Lipinski definition) is 4. The van der Waals surface area contributed by atoms with Crippen molar-refractivity contribution in [1.82, 2.24) is 9.38 Å². The molecule has 2 aromatic heterocycles. The summed E-state index contributed by atoms with van der Waals surface area (Å²) in [7, 11) is 0. The maximum absolute atomic E-state index is 11.5. The summed E-state index contributed by atoms with van der Waals surface area (Å²) in [5.41, 5.74) is 4.96. The SMILES string of the molecule is O[C@@H](c1c(C2CC2)ccn2cncc12)[C@H]1CC[C@H](c2ccc(OC3CCOCC3)cc2)CC1. The zero-order valence-corrected chi connectivity index (χ0v) is 19.2. The fourth-order valence-electron chi connectivity index (χ4n) is 5.91. The lowest BCUT2D eigenvalue weighted by atomic mass is 9.75. The highest BCUT2D eigenvalue weighted by molar-refractivity contribution is 5.59. The summed E-state index contributed by atoms with van der Waals surface area (Å²) in [4.78, 5) is 4.34. The normalized spacial score (nSPS) is 25.2. The molecule has 0 bridgehead atoms. The number of benzene rings is 1. The van der Waals surface area contributed by atoms with Gasteiger partial charge in [-0.25, -0.2) is 4.98 Å². The van der Waals surface area contributed by atoms with Gasteiger partial charge in [-0.15, -0.1) is 0 Å². The summed E-state index contributed by atoms with van der Waals surface area (Å²) >= 11 is 0. The number of rotatable bonds is 6. The van der Waals surface area contributed by atoms with Crippen molar-refractivity contribution in [2.24, 2.45) is 5.92 Å². The molecule has 1 saturated heterocycles. The summed E-state index contributed by atoms with van der Waals surface area (Å²) in [5, 5.41) is 11.5. The molecule has 5 nitrogen and oxygen atoms in total. The monoisotopic (exact) mass is 446 g/mol. The Morgan fingerprint density at radius 1 is 0.909 bits per heavy atom. The van der Waals surface area contributed by atoms with Gasteiger partial charge in [-0.05, 0) is 85.6 Å². The van der Waals surface area contributed by atoms with Gasteiger partial charge in [0.1, 0.15) is 11.9 Å². The molecule has 1 atom stereocenters. The van der Waals surface area contributed by atoms with Crippen molar-refractivity contribution < 1.29 is 14.6 Å². The minimum Gasteiger partial charge on any atom is -0.490 e. The first kappa shape index (κ1) is 21.2. The van der Waals surface area contributed by atoms with E-state index in [1.54, 1.807) is 0 Å². The smallest absolute Gasteiger partial charge is 0.119 e. The number of ether oxygens (including phenoxy) is 2. The van der Waals surface area contributed by atoms with Crippen molar-refractivity contribution in [2.45, 2.75) is 75.4 Å². The lowest BCUT2D eigenvalue weighted by molar-refractivity contribution is 0.0255. The highest BCUT2D eigenvalue weighted by atomic mass is 16.5. The molecule has 3 aromatic rings. The minimum absolute atomic E-state index is 0.280. The third-order valence-corrected chi connectivity index (χ3v) is 8.02. The number of nitrogens with zero attached hydrogens (tertiary/aromatic N) is 2. The predicted octanol–water partition coefficient (Wildman–Crippen LogP) is 5.78. The second-order valence-electron chi connectivity index (χ2n) is 10.2. The van der Waals surface area contributed by atoms with Gasteiger partial charge in [-0.1, -0.05) is 12.1 Å². The number of aliphatic hydroxyl groups excluding tert-OH is 1. The van der Waals surface area contributed by atoms with Gasteiger partial charge in [0.15, 0.2) is 0 Å². The van der Waals surface area contributed by atoms with Crippen LogP contribution in [-0.4, -0.2) is 33.8 Å². The lowest BCUT2D eigenvalue weighted by Crippen LogP contribution is -2.25. The summed E-state index contributed by atoms with van der Waals surface area (Å²) in [6.45, 7) is 1.60. The molecule has 0 unspecified atom stereocenters. The average Bonchev–Trinajstić information content (AvgIpc) is 3.60. The van der Waals surface area contributed by atoms with Gasteiger partial charge in [-0.3, -0.25) is 0 Å². The molecule has 6 rings (SSSR count). The molecule has 0 amide bonds. The molecule has 2 saturated carbocycles. The van der Waals surface area contributed by atoms with Crippen molar-refractivity contribution in [3.8, 4) is 5.75 Å². The van der Waals surface area contributed by atoms with Gasteiger partial charge in [-0.2, -0.15) is 0 Å². The molecule has 174 valence electrons. The molecule has 5 heteroatoms. The van der Waals surface area contributed by atoms with Gasteiger partial charge in [0.05, 0.1) is 37.4 Å². The minimum atomic E-state index is -0.405. The van der Waals surface area contributed by atoms with Crippen molar-refractivity contribution in [1.29, 1.82) is 0 Å². The van der Waals surface area contributed by atoms with Crippen LogP contribution in [0.2, 0.25) is 0 Å². The van der Waals surface area contributed by atoms with Gasteiger partial charge in [0.25, 0.3) is 0 Å². The Balaban J connectivity index is 1.11. The molecule has 2 aliphatic carbocycles. The van der Waals surface area contributed by atoms with Gasteiger partial charge in [0, 0.05) is 24.6 Å². The second-order valence-corrected chi connectivity index (χ2v) is 10.2. The van der Waals surface area contributed by atoms with Crippen LogP contribution in [0.4, 0.5) is 0 Å². The third kappa shape index (κ3) is 4.41. The van der Waals surface area contributed by atoms with E-state index in [1.165, 1.54) is 24.0 Å². The lowest BCUT2D eigenvalue weighted by Gasteiger charge is -2.33. The molecule has 1 aliphatic heterocycles. The van der Waals surface area contributed by atoms with Crippen LogP contribution in [-0.2, 0) is 4.74 Å². The molecule has 33 heavy (non-hydrogen) atoms. The quantitative estimate of drug-likeness (QED) is 0.522. The maximum atomic E-state index is 11.5. The zero-order chi connectivity index (χ0) is 22.2. The van der Waals surface area contributed by atoms with Crippen LogP contribution in [0.1, 0.15) is 86.0 Å². The van der Waals surface area contributed by atoms with Crippen LogP contribution in [0.15, 0.2) is 49.1 Å². The molecule has 1 N–H and O–H groups in total. The topological polar surface area (TPSA) is 56.0 Å². The van der Waals surface area contributed by atoms with Crippen molar-refractivity contribution >= 4 is 5.52 Å². The molecule has 1 aromatic carbocycles. The third-order valence-electron chi connectivity index (χ3n) is 8.02. The standard InChI is InChI=1S/C28H34N2O3/c31-28(27-25(21-3-4-21)11-14-30-18-29-17-26(27)30)22-5-1-19(2-6-22)20-7-9-23(10-8-20)33-24-12-15-32-16-13-24/h7-11,14,17-19,21-22,24,28,31H,1-6,12-13,15-16H2/t19-,22-,28-/m1/s1. The fourth-order valence-corrected chi connectivity index (χ4v) is 5.91.